The van der Waals surface area contributed by atoms with Crippen LogP contribution in [0.4, 0.5) is 5.69 Å². The van der Waals surface area contributed by atoms with E-state index in [-0.39, 0.29) is 16.4 Å². The number of ether oxygens (including phenoxy) is 3. The van der Waals surface area contributed by atoms with Crippen molar-refractivity contribution in [1.82, 2.24) is 0 Å². The number of hydrogen-bond acceptors (Lipinski definition) is 6. The van der Waals surface area contributed by atoms with Crippen molar-refractivity contribution >= 4 is 39.4 Å². The quantitative estimate of drug-likeness (QED) is 0.537. The van der Waals surface area contributed by atoms with E-state index in [9.17, 15) is 13.2 Å². The minimum absolute atomic E-state index is 0.0310. The van der Waals surface area contributed by atoms with Crippen LogP contribution in [0.25, 0.3) is 6.08 Å². The number of sulfonamides is 1. The van der Waals surface area contributed by atoms with Crippen LogP contribution in [0.15, 0.2) is 41.3 Å². The zero-order chi connectivity index (χ0) is 20.9. The van der Waals surface area contributed by atoms with Crippen LogP contribution in [-0.4, -0.2) is 35.7 Å². The molecule has 0 aliphatic rings. The van der Waals surface area contributed by atoms with Gasteiger partial charge in [0.25, 0.3) is 10.0 Å². The van der Waals surface area contributed by atoms with Gasteiger partial charge in [-0.05, 0) is 48.4 Å². The third-order valence-corrected chi connectivity index (χ3v) is 5.59. The number of aryl methyl sites for hydroxylation is 1. The molecule has 0 atom stereocenters. The van der Waals surface area contributed by atoms with Crippen LogP contribution in [0.3, 0.4) is 0 Å². The molecule has 0 aliphatic heterocycles. The van der Waals surface area contributed by atoms with Crippen molar-refractivity contribution < 1.29 is 27.4 Å². The Labute approximate surface area is 168 Å². The predicted molar refractivity (Wildman–Crippen MR) is 108 cm³/mol. The van der Waals surface area contributed by atoms with Gasteiger partial charge in [-0.25, -0.2) is 13.2 Å². The maximum absolute atomic E-state index is 13.0. The Kier molecular flexibility index (Phi) is 6.93. The molecule has 9 heteroatoms. The van der Waals surface area contributed by atoms with Crippen molar-refractivity contribution in [1.29, 1.82) is 0 Å². The van der Waals surface area contributed by atoms with Gasteiger partial charge in [0.05, 0.1) is 27.0 Å². The Bertz CT molecular complexity index is 1020. The first kappa shape index (κ1) is 21.6. The second-order valence-corrected chi connectivity index (χ2v) is 7.74. The molecule has 0 radical (unpaired) electrons. The van der Waals surface area contributed by atoms with E-state index in [4.69, 9.17) is 21.1 Å². The molecule has 2 aromatic rings. The highest BCUT2D eigenvalue weighted by molar-refractivity contribution is 7.92. The zero-order valence-electron chi connectivity index (χ0n) is 15.8. The second-order valence-electron chi connectivity index (χ2n) is 5.68. The molecule has 0 amide bonds. The van der Waals surface area contributed by atoms with Gasteiger partial charge in [0.1, 0.15) is 4.90 Å². The minimum Gasteiger partial charge on any atom is -0.493 e. The number of carbonyl (C=O) groups is 1. The standard InChI is InChI=1S/C19H20ClNO6S/c1-12-5-7-14(11-15(12)20)21-28(23,24)17-10-13(6-8-18(22)26-3)9-16(25-2)19(17)27-4/h5-11,21H,1-4H3/b8-6+. The lowest BCUT2D eigenvalue weighted by Gasteiger charge is -2.16. The Morgan fingerprint density at radius 1 is 1.11 bits per heavy atom. The third kappa shape index (κ3) is 4.96. The SMILES string of the molecule is COC(=O)/C=C/c1cc(OC)c(OC)c(S(=O)(=O)Nc2ccc(C)c(Cl)c2)c1. The normalized spacial score (nSPS) is 11.3. The molecule has 0 spiro atoms. The Balaban J connectivity index is 2.54. The summed E-state index contributed by atoms with van der Waals surface area (Å²) < 4.78 is 43.5. The molecule has 0 heterocycles. The average Bonchev–Trinajstić information content (AvgIpc) is 2.67. The molecule has 7 nitrogen and oxygen atoms in total. The summed E-state index contributed by atoms with van der Waals surface area (Å²) in [4.78, 5) is 11.2. The molecule has 1 N–H and O–H groups in total. The molecular weight excluding hydrogens is 406 g/mol. The number of nitrogens with one attached hydrogen (secondary N) is 1. The Morgan fingerprint density at radius 2 is 1.82 bits per heavy atom. The number of methoxy groups -OCH3 is 3. The van der Waals surface area contributed by atoms with Gasteiger partial charge in [0, 0.05) is 11.1 Å². The summed E-state index contributed by atoms with van der Waals surface area (Å²) >= 11 is 6.07. The highest BCUT2D eigenvalue weighted by atomic mass is 35.5. The van der Waals surface area contributed by atoms with Crippen molar-refractivity contribution in [2.75, 3.05) is 26.1 Å². The van der Waals surface area contributed by atoms with E-state index in [0.29, 0.717) is 16.3 Å². The van der Waals surface area contributed by atoms with Gasteiger partial charge in [0.15, 0.2) is 11.5 Å². The molecule has 28 heavy (non-hydrogen) atoms. The maximum atomic E-state index is 13.0. The second kappa shape index (κ2) is 8.99. The van der Waals surface area contributed by atoms with E-state index < -0.39 is 16.0 Å². The van der Waals surface area contributed by atoms with E-state index in [0.717, 1.165) is 5.56 Å². The molecule has 0 saturated carbocycles. The van der Waals surface area contributed by atoms with Crippen molar-refractivity contribution in [3.8, 4) is 11.5 Å². The van der Waals surface area contributed by atoms with Crippen LogP contribution in [-0.2, 0) is 19.6 Å². The van der Waals surface area contributed by atoms with E-state index in [1.165, 1.54) is 45.6 Å². The van der Waals surface area contributed by atoms with Gasteiger partial charge >= 0.3 is 5.97 Å². The van der Waals surface area contributed by atoms with Crippen LogP contribution in [0.1, 0.15) is 11.1 Å². The first-order valence-electron chi connectivity index (χ1n) is 8.03. The van der Waals surface area contributed by atoms with Crippen LogP contribution in [0.5, 0.6) is 11.5 Å². The summed E-state index contributed by atoms with van der Waals surface area (Å²) in [7, 11) is -0.0837. The van der Waals surface area contributed by atoms with Gasteiger partial charge in [-0.3, -0.25) is 4.72 Å². The predicted octanol–water partition coefficient (Wildman–Crippen LogP) is 3.65. The maximum Gasteiger partial charge on any atom is 0.330 e. The number of rotatable bonds is 7. The summed E-state index contributed by atoms with van der Waals surface area (Å²) in [6.07, 6.45) is 2.58. The smallest absolute Gasteiger partial charge is 0.330 e. The van der Waals surface area contributed by atoms with E-state index >= 15 is 0 Å². The number of hydrogen-bond donors (Lipinski definition) is 1. The number of esters is 1. The fourth-order valence-corrected chi connectivity index (χ4v) is 3.79. The molecule has 0 bridgehead atoms. The lowest BCUT2D eigenvalue weighted by molar-refractivity contribution is -0.134. The molecule has 2 aromatic carbocycles. The summed E-state index contributed by atoms with van der Waals surface area (Å²) in [5.74, 6) is -0.355. The highest BCUT2D eigenvalue weighted by Crippen LogP contribution is 2.37. The van der Waals surface area contributed by atoms with Gasteiger partial charge in [-0.1, -0.05) is 17.7 Å². The van der Waals surface area contributed by atoms with E-state index in [1.807, 2.05) is 6.92 Å². The van der Waals surface area contributed by atoms with Gasteiger partial charge < -0.3 is 14.2 Å². The largest absolute Gasteiger partial charge is 0.493 e. The lowest BCUT2D eigenvalue weighted by Crippen LogP contribution is -2.15. The molecular formula is C19H20ClNO6S. The van der Waals surface area contributed by atoms with Crippen molar-refractivity contribution in [3.63, 3.8) is 0 Å². The fraction of sp³-hybridized carbons (Fsp3) is 0.211. The number of halogens is 1. The summed E-state index contributed by atoms with van der Waals surface area (Å²) in [5.41, 5.74) is 1.52. The average molecular weight is 426 g/mol. The molecule has 0 unspecified atom stereocenters. The molecule has 0 saturated heterocycles. The number of benzene rings is 2. The van der Waals surface area contributed by atoms with Crippen molar-refractivity contribution in [2.24, 2.45) is 0 Å². The molecule has 0 aliphatic carbocycles. The summed E-state index contributed by atoms with van der Waals surface area (Å²) in [6.45, 7) is 1.81. The van der Waals surface area contributed by atoms with E-state index in [1.54, 1.807) is 18.2 Å². The fourth-order valence-electron chi connectivity index (χ4n) is 2.34. The Morgan fingerprint density at radius 3 is 2.39 bits per heavy atom. The lowest BCUT2D eigenvalue weighted by atomic mass is 10.2. The number of anilines is 1. The van der Waals surface area contributed by atoms with Crippen LogP contribution in [0.2, 0.25) is 5.02 Å². The van der Waals surface area contributed by atoms with Crippen LogP contribution < -0.4 is 14.2 Å². The van der Waals surface area contributed by atoms with Gasteiger partial charge in [-0.2, -0.15) is 0 Å². The molecule has 0 aromatic heterocycles. The summed E-state index contributed by atoms with van der Waals surface area (Å²) in [6, 6.07) is 7.72. The zero-order valence-corrected chi connectivity index (χ0v) is 17.3. The van der Waals surface area contributed by atoms with E-state index in [2.05, 4.69) is 9.46 Å². The number of carbonyl (C=O) groups excluding carboxylic acids is 1. The van der Waals surface area contributed by atoms with Crippen molar-refractivity contribution in [3.05, 3.63) is 52.6 Å². The molecule has 150 valence electrons. The monoisotopic (exact) mass is 425 g/mol. The van der Waals surface area contributed by atoms with Crippen molar-refractivity contribution in [2.45, 2.75) is 11.8 Å². The highest BCUT2D eigenvalue weighted by Gasteiger charge is 2.24. The first-order chi connectivity index (χ1) is 13.2. The topological polar surface area (TPSA) is 90.9 Å². The van der Waals surface area contributed by atoms with Gasteiger partial charge in [-0.15, -0.1) is 0 Å². The van der Waals surface area contributed by atoms with Crippen LogP contribution >= 0.6 is 11.6 Å². The first-order valence-corrected chi connectivity index (χ1v) is 9.89. The molecule has 2 rings (SSSR count). The van der Waals surface area contributed by atoms with Crippen LogP contribution in [0, 0.1) is 6.92 Å². The summed E-state index contributed by atoms with van der Waals surface area (Å²) in [5, 5.41) is 0.430. The third-order valence-electron chi connectivity index (χ3n) is 3.79. The van der Waals surface area contributed by atoms with Gasteiger partial charge in [0.2, 0.25) is 0 Å². The minimum atomic E-state index is -4.05. The Hall–Kier alpha value is -2.71. The molecule has 0 fully saturated rings.